The summed E-state index contributed by atoms with van der Waals surface area (Å²) < 4.78 is 16.6. The van der Waals surface area contributed by atoms with E-state index in [2.05, 4.69) is 12.2 Å². The highest BCUT2D eigenvalue weighted by atomic mass is 16.6. The van der Waals surface area contributed by atoms with Gasteiger partial charge in [0.25, 0.3) is 0 Å². The van der Waals surface area contributed by atoms with Gasteiger partial charge in [-0.2, -0.15) is 0 Å². The lowest BCUT2D eigenvalue weighted by Gasteiger charge is -2.46. The molecule has 2 aliphatic heterocycles. The highest BCUT2D eigenvalue weighted by molar-refractivity contribution is 5.87. The van der Waals surface area contributed by atoms with E-state index in [1.165, 1.54) is 26.0 Å². The lowest BCUT2D eigenvalue weighted by molar-refractivity contribution is -0.311. The molecular formula is C27H43NO9. The number of amides is 1. The first-order valence-electron chi connectivity index (χ1n) is 12.7. The minimum absolute atomic E-state index is 0.0530. The molecule has 0 aliphatic carbocycles. The average Bonchev–Trinajstić information content (AvgIpc) is 2.79. The third-order valence-corrected chi connectivity index (χ3v) is 6.80. The molecule has 37 heavy (non-hydrogen) atoms. The van der Waals surface area contributed by atoms with Crippen molar-refractivity contribution >= 4 is 11.9 Å². The van der Waals surface area contributed by atoms with E-state index in [4.69, 9.17) is 14.2 Å². The fraction of sp³-hybridized carbons (Fsp3) is 0.704. The van der Waals surface area contributed by atoms with Crippen molar-refractivity contribution in [1.82, 2.24) is 5.32 Å². The number of esters is 1. The molecule has 9 unspecified atom stereocenters. The van der Waals surface area contributed by atoms with Gasteiger partial charge in [-0.15, -0.1) is 0 Å². The Morgan fingerprint density at radius 2 is 1.89 bits per heavy atom. The molecule has 1 amide bonds. The van der Waals surface area contributed by atoms with Crippen LogP contribution < -0.4 is 5.32 Å². The van der Waals surface area contributed by atoms with Crippen molar-refractivity contribution in [2.45, 2.75) is 109 Å². The van der Waals surface area contributed by atoms with Gasteiger partial charge in [0.15, 0.2) is 5.79 Å². The first-order chi connectivity index (χ1) is 17.2. The summed E-state index contributed by atoms with van der Waals surface area (Å²) >= 11 is 0. The summed E-state index contributed by atoms with van der Waals surface area (Å²) in [4.78, 5) is 23.3. The summed E-state index contributed by atoms with van der Waals surface area (Å²) in [5.41, 5.74) is -0.988. The zero-order chi connectivity index (χ0) is 28.0. The summed E-state index contributed by atoms with van der Waals surface area (Å²) in [6.07, 6.45) is 6.11. The lowest BCUT2D eigenvalue weighted by atomic mass is 9.83. The molecule has 210 valence electrons. The number of rotatable bonds is 9. The van der Waals surface area contributed by atoms with Gasteiger partial charge in [0.2, 0.25) is 5.91 Å². The number of carbonyl (C=O) groups is 2. The van der Waals surface area contributed by atoms with Gasteiger partial charge in [-0.05, 0) is 52.5 Å². The normalized spacial score (nSPS) is 38.1. The van der Waals surface area contributed by atoms with Crippen molar-refractivity contribution in [2.75, 3.05) is 6.61 Å². The number of hydrogen-bond acceptors (Lipinski definition) is 9. The Kier molecular flexibility index (Phi) is 11.0. The van der Waals surface area contributed by atoms with Crippen molar-refractivity contribution < 1.29 is 44.2 Å². The zero-order valence-electron chi connectivity index (χ0n) is 22.6. The molecule has 10 heteroatoms. The van der Waals surface area contributed by atoms with E-state index in [0.717, 1.165) is 12.0 Å². The van der Waals surface area contributed by atoms with E-state index >= 15 is 0 Å². The highest BCUT2D eigenvalue weighted by Gasteiger charge is 2.51. The van der Waals surface area contributed by atoms with Crippen LogP contribution in [-0.4, -0.2) is 86.9 Å². The maximum Gasteiger partial charge on any atom is 0.303 e. The minimum atomic E-state index is -1.86. The fourth-order valence-electron chi connectivity index (χ4n) is 4.76. The molecule has 2 rings (SSSR count). The van der Waals surface area contributed by atoms with Gasteiger partial charge in [0, 0.05) is 19.4 Å². The largest absolute Gasteiger partial charge is 0.459 e. The Bertz CT molecular complexity index is 883. The quantitative estimate of drug-likeness (QED) is 0.170. The topological polar surface area (TPSA) is 155 Å². The third kappa shape index (κ3) is 9.31. The van der Waals surface area contributed by atoms with Crippen LogP contribution in [0.1, 0.15) is 60.8 Å². The molecule has 0 aromatic carbocycles. The van der Waals surface area contributed by atoms with Crippen LogP contribution in [0.4, 0.5) is 0 Å². The summed E-state index contributed by atoms with van der Waals surface area (Å²) in [5, 5.41) is 43.6. The Hall–Kier alpha value is -2.08. The van der Waals surface area contributed by atoms with Gasteiger partial charge in [0.05, 0.1) is 24.9 Å². The van der Waals surface area contributed by atoms with Crippen LogP contribution in [0.2, 0.25) is 0 Å². The second-order valence-electron chi connectivity index (χ2n) is 10.6. The minimum Gasteiger partial charge on any atom is -0.459 e. The molecule has 0 saturated carbocycles. The van der Waals surface area contributed by atoms with Crippen molar-refractivity contribution in [3.05, 3.63) is 36.0 Å². The van der Waals surface area contributed by atoms with Gasteiger partial charge < -0.3 is 40.0 Å². The van der Waals surface area contributed by atoms with Crippen molar-refractivity contribution in [1.29, 1.82) is 0 Å². The van der Waals surface area contributed by atoms with Gasteiger partial charge in [-0.25, -0.2) is 0 Å². The van der Waals surface area contributed by atoms with Crippen molar-refractivity contribution in [2.24, 2.45) is 5.92 Å². The zero-order valence-corrected chi connectivity index (χ0v) is 22.6. The third-order valence-electron chi connectivity index (χ3n) is 6.80. The van der Waals surface area contributed by atoms with Crippen LogP contribution in [0, 0.1) is 5.92 Å². The molecule has 2 fully saturated rings. The smallest absolute Gasteiger partial charge is 0.303 e. The summed E-state index contributed by atoms with van der Waals surface area (Å²) in [7, 11) is 0. The van der Waals surface area contributed by atoms with E-state index in [1.807, 2.05) is 19.9 Å². The first kappa shape index (κ1) is 31.1. The molecule has 2 saturated heterocycles. The predicted molar refractivity (Wildman–Crippen MR) is 136 cm³/mol. The molecular weight excluding hydrogens is 482 g/mol. The summed E-state index contributed by atoms with van der Waals surface area (Å²) in [5.74, 6) is -2.19. The number of nitrogens with one attached hydrogen (secondary N) is 1. The molecule has 0 spiro atoms. The monoisotopic (exact) mass is 525 g/mol. The lowest BCUT2D eigenvalue weighted by Crippen LogP contribution is -2.62. The average molecular weight is 526 g/mol. The van der Waals surface area contributed by atoms with Gasteiger partial charge in [-0.3, -0.25) is 9.59 Å². The van der Waals surface area contributed by atoms with Crippen molar-refractivity contribution in [3.8, 4) is 0 Å². The molecule has 10 nitrogen and oxygen atoms in total. The molecule has 9 atom stereocenters. The van der Waals surface area contributed by atoms with Gasteiger partial charge >= 0.3 is 5.97 Å². The maximum atomic E-state index is 12.3. The second kappa shape index (κ2) is 13.1. The summed E-state index contributed by atoms with van der Waals surface area (Å²) in [6.45, 7) is 9.53. The number of aliphatic hydroxyl groups excluding tert-OH is 2. The first-order valence-corrected chi connectivity index (χ1v) is 12.7. The van der Waals surface area contributed by atoms with E-state index in [0.29, 0.717) is 6.42 Å². The molecule has 2 heterocycles. The van der Waals surface area contributed by atoms with Gasteiger partial charge in [-0.1, -0.05) is 30.7 Å². The fourth-order valence-corrected chi connectivity index (χ4v) is 4.76. The number of carbonyl (C=O) groups excluding carboxylic acids is 2. The molecule has 0 radical (unpaired) electrons. The van der Waals surface area contributed by atoms with E-state index in [-0.39, 0.29) is 36.5 Å². The molecule has 2 aliphatic rings. The molecule has 0 bridgehead atoms. The predicted octanol–water partition coefficient (Wildman–Crippen LogP) is 1.27. The van der Waals surface area contributed by atoms with Crippen molar-refractivity contribution in [3.63, 3.8) is 0 Å². The number of ether oxygens (including phenoxy) is 3. The Morgan fingerprint density at radius 3 is 2.51 bits per heavy atom. The van der Waals surface area contributed by atoms with Crippen LogP contribution in [0.25, 0.3) is 0 Å². The Morgan fingerprint density at radius 1 is 1.22 bits per heavy atom. The SMILES string of the molecule is CC(=O)OC(C)C=CC(=O)NC1CC(C)C(CC=C(C)C=CC2OC(C)(O)CC(O)(CO)C2O)OC1C. The van der Waals surface area contributed by atoms with Crippen LogP contribution >= 0.6 is 0 Å². The van der Waals surface area contributed by atoms with Crippen LogP contribution in [0.15, 0.2) is 36.0 Å². The number of hydrogen-bond donors (Lipinski definition) is 5. The van der Waals surface area contributed by atoms with Crippen LogP contribution in [-0.2, 0) is 23.8 Å². The molecule has 0 aromatic rings. The van der Waals surface area contributed by atoms with E-state index < -0.39 is 42.3 Å². The van der Waals surface area contributed by atoms with Crippen LogP contribution in [0.5, 0.6) is 0 Å². The van der Waals surface area contributed by atoms with E-state index in [1.54, 1.807) is 19.1 Å². The number of aliphatic hydroxyl groups is 4. The second-order valence-corrected chi connectivity index (χ2v) is 10.6. The maximum absolute atomic E-state index is 12.3. The Balaban J connectivity index is 1.91. The van der Waals surface area contributed by atoms with E-state index in [9.17, 15) is 30.0 Å². The van der Waals surface area contributed by atoms with Crippen LogP contribution in [0.3, 0.4) is 0 Å². The summed E-state index contributed by atoms with van der Waals surface area (Å²) in [6, 6.07) is -0.152. The highest BCUT2D eigenvalue weighted by Crippen LogP contribution is 2.35. The number of allylic oxidation sites excluding steroid dienone is 2. The Labute approximate surface area is 219 Å². The standard InChI is InChI=1S/C27H43NO9/c1-16(8-11-23-25(32)27(34,15-29)14-26(6,33)37-23)7-10-22-17(2)13-21(19(4)36-22)28-24(31)12-9-18(3)35-20(5)30/h7-9,11-12,17-19,21-23,25,29,32-34H,10,13-15H2,1-6H3,(H,28,31). The molecule has 0 aromatic heterocycles. The van der Waals surface area contributed by atoms with Gasteiger partial charge in [0.1, 0.15) is 23.9 Å². The molecule has 5 N–H and O–H groups in total.